The topological polar surface area (TPSA) is 58.4 Å². The number of nitrogens with one attached hydrogen (secondary N) is 1. The minimum atomic E-state index is 0.0484. The van der Waals surface area contributed by atoms with Gasteiger partial charge < -0.3 is 9.84 Å². The fraction of sp³-hybridized carbons (Fsp3) is 0.529. The monoisotopic (exact) mass is 333 g/mol. The minimum absolute atomic E-state index is 0.0484. The van der Waals surface area contributed by atoms with E-state index in [9.17, 15) is 4.79 Å². The highest BCUT2D eigenvalue weighted by Gasteiger charge is 2.24. The van der Waals surface area contributed by atoms with Gasteiger partial charge in [0.25, 0.3) is 5.91 Å². The first-order valence-electron chi connectivity index (χ1n) is 8.04. The van der Waals surface area contributed by atoms with E-state index in [1.165, 1.54) is 10.4 Å². The minimum Gasteiger partial charge on any atom is -0.361 e. The fourth-order valence-corrected chi connectivity index (χ4v) is 3.85. The Hall–Kier alpha value is -1.66. The van der Waals surface area contributed by atoms with Crippen molar-refractivity contribution in [1.29, 1.82) is 0 Å². The van der Waals surface area contributed by atoms with Gasteiger partial charge in [0, 0.05) is 29.6 Å². The second-order valence-corrected chi connectivity index (χ2v) is 7.55. The summed E-state index contributed by atoms with van der Waals surface area (Å²) in [7, 11) is 0. The van der Waals surface area contributed by atoms with Crippen LogP contribution in [0.4, 0.5) is 0 Å². The van der Waals surface area contributed by atoms with Gasteiger partial charge in [-0.1, -0.05) is 5.16 Å². The van der Waals surface area contributed by atoms with Crippen molar-refractivity contribution >= 4 is 17.2 Å². The van der Waals surface area contributed by atoms with E-state index in [0.717, 1.165) is 48.8 Å². The van der Waals surface area contributed by atoms with E-state index in [2.05, 4.69) is 15.4 Å². The quantitative estimate of drug-likeness (QED) is 0.934. The Kier molecular flexibility index (Phi) is 4.82. The SMILES string of the molecule is Cc1ccc(C(=O)NC2CCCN(Cc3c(C)noc3C)C2)s1. The number of nitrogens with zero attached hydrogens (tertiary/aromatic N) is 2. The Labute approximate surface area is 140 Å². The molecule has 2 aromatic heterocycles. The van der Waals surface area contributed by atoms with Gasteiger partial charge in [0.15, 0.2) is 0 Å². The number of rotatable bonds is 4. The third kappa shape index (κ3) is 3.82. The molecule has 1 aliphatic heterocycles. The molecule has 1 saturated heterocycles. The molecule has 124 valence electrons. The lowest BCUT2D eigenvalue weighted by Gasteiger charge is -2.33. The molecular weight excluding hydrogens is 310 g/mol. The normalized spacial score (nSPS) is 19.0. The first-order valence-corrected chi connectivity index (χ1v) is 8.86. The van der Waals surface area contributed by atoms with Gasteiger partial charge in [-0.25, -0.2) is 0 Å². The lowest BCUT2D eigenvalue weighted by atomic mass is 10.0. The summed E-state index contributed by atoms with van der Waals surface area (Å²) < 4.78 is 5.24. The van der Waals surface area contributed by atoms with Crippen LogP contribution in [0.1, 0.15) is 44.4 Å². The van der Waals surface area contributed by atoms with Gasteiger partial charge in [-0.2, -0.15) is 0 Å². The van der Waals surface area contributed by atoms with Crippen LogP contribution in [-0.2, 0) is 6.54 Å². The molecule has 0 spiro atoms. The first-order chi connectivity index (χ1) is 11.0. The molecule has 1 unspecified atom stereocenters. The maximum atomic E-state index is 12.3. The summed E-state index contributed by atoms with van der Waals surface area (Å²) in [6.45, 7) is 8.72. The number of likely N-dealkylation sites (tertiary alicyclic amines) is 1. The standard InChI is InChI=1S/C17H23N3O2S/c1-11-6-7-16(23-11)17(21)18-14-5-4-8-20(9-14)10-15-12(2)19-22-13(15)3/h6-7,14H,4-5,8-10H2,1-3H3,(H,18,21). The van der Waals surface area contributed by atoms with Crippen molar-refractivity contribution in [3.05, 3.63) is 38.9 Å². The lowest BCUT2D eigenvalue weighted by Crippen LogP contribution is -2.47. The first kappa shape index (κ1) is 16.2. The molecule has 1 aliphatic rings. The molecule has 0 aliphatic carbocycles. The number of hydrogen-bond donors (Lipinski definition) is 1. The van der Waals surface area contributed by atoms with Crippen LogP contribution in [0.25, 0.3) is 0 Å². The second-order valence-electron chi connectivity index (χ2n) is 6.26. The van der Waals surface area contributed by atoms with Gasteiger partial charge in [-0.15, -0.1) is 11.3 Å². The molecule has 2 aromatic rings. The van der Waals surface area contributed by atoms with Gasteiger partial charge in [0.2, 0.25) is 0 Å². The van der Waals surface area contributed by atoms with Crippen molar-refractivity contribution < 1.29 is 9.32 Å². The molecule has 3 heterocycles. The number of carbonyl (C=O) groups excluding carboxylic acids is 1. The number of aryl methyl sites for hydroxylation is 3. The Bertz CT molecular complexity index is 672. The van der Waals surface area contributed by atoms with E-state index >= 15 is 0 Å². The molecular formula is C17H23N3O2S. The van der Waals surface area contributed by atoms with Crippen LogP contribution in [0.2, 0.25) is 0 Å². The zero-order chi connectivity index (χ0) is 16.4. The third-order valence-electron chi connectivity index (χ3n) is 4.37. The van der Waals surface area contributed by atoms with Crippen LogP contribution in [0, 0.1) is 20.8 Å². The Balaban J connectivity index is 1.59. The molecule has 5 nitrogen and oxygen atoms in total. The van der Waals surface area contributed by atoms with Crippen molar-refractivity contribution in [2.24, 2.45) is 0 Å². The van der Waals surface area contributed by atoms with Crippen LogP contribution in [0.3, 0.4) is 0 Å². The number of thiophene rings is 1. The van der Waals surface area contributed by atoms with Crippen LogP contribution >= 0.6 is 11.3 Å². The van der Waals surface area contributed by atoms with Crippen LogP contribution in [0.5, 0.6) is 0 Å². The zero-order valence-electron chi connectivity index (χ0n) is 13.9. The molecule has 23 heavy (non-hydrogen) atoms. The van der Waals surface area contributed by atoms with E-state index in [1.807, 2.05) is 32.9 Å². The molecule has 1 amide bonds. The van der Waals surface area contributed by atoms with Gasteiger partial charge in [-0.3, -0.25) is 9.69 Å². The van der Waals surface area contributed by atoms with Crippen LogP contribution in [0.15, 0.2) is 16.7 Å². The summed E-state index contributed by atoms with van der Waals surface area (Å²) in [6.07, 6.45) is 2.13. The predicted molar refractivity (Wildman–Crippen MR) is 90.8 cm³/mol. The fourth-order valence-electron chi connectivity index (χ4n) is 3.08. The molecule has 1 fully saturated rings. The molecule has 0 aromatic carbocycles. The Morgan fingerprint density at radius 1 is 1.43 bits per heavy atom. The number of piperidine rings is 1. The van der Waals surface area contributed by atoms with Crippen molar-refractivity contribution in [2.75, 3.05) is 13.1 Å². The van der Waals surface area contributed by atoms with Gasteiger partial charge in [0.1, 0.15) is 5.76 Å². The van der Waals surface area contributed by atoms with E-state index in [4.69, 9.17) is 4.52 Å². The van der Waals surface area contributed by atoms with Crippen molar-refractivity contribution in [2.45, 2.75) is 46.2 Å². The average Bonchev–Trinajstić information content (AvgIpc) is 3.09. The number of amides is 1. The number of aromatic nitrogens is 1. The lowest BCUT2D eigenvalue weighted by molar-refractivity contribution is 0.0904. The summed E-state index contributed by atoms with van der Waals surface area (Å²) >= 11 is 1.55. The zero-order valence-corrected chi connectivity index (χ0v) is 14.7. The smallest absolute Gasteiger partial charge is 0.261 e. The summed E-state index contributed by atoms with van der Waals surface area (Å²) in [5.74, 6) is 0.940. The van der Waals surface area contributed by atoms with E-state index in [0.29, 0.717) is 0 Å². The maximum Gasteiger partial charge on any atom is 0.261 e. The summed E-state index contributed by atoms with van der Waals surface area (Å²) in [5.41, 5.74) is 2.13. The highest BCUT2D eigenvalue weighted by molar-refractivity contribution is 7.13. The van der Waals surface area contributed by atoms with Gasteiger partial charge >= 0.3 is 0 Å². The van der Waals surface area contributed by atoms with Crippen molar-refractivity contribution in [3.63, 3.8) is 0 Å². The van der Waals surface area contributed by atoms with E-state index in [-0.39, 0.29) is 11.9 Å². The predicted octanol–water partition coefficient (Wildman–Crippen LogP) is 3.06. The Morgan fingerprint density at radius 3 is 2.91 bits per heavy atom. The maximum absolute atomic E-state index is 12.3. The van der Waals surface area contributed by atoms with Gasteiger partial charge in [0.05, 0.1) is 10.6 Å². The van der Waals surface area contributed by atoms with E-state index in [1.54, 1.807) is 11.3 Å². The van der Waals surface area contributed by atoms with Crippen LogP contribution < -0.4 is 5.32 Å². The van der Waals surface area contributed by atoms with Crippen molar-refractivity contribution in [1.82, 2.24) is 15.4 Å². The highest BCUT2D eigenvalue weighted by atomic mass is 32.1. The largest absolute Gasteiger partial charge is 0.361 e. The number of hydrogen-bond acceptors (Lipinski definition) is 5. The summed E-state index contributed by atoms with van der Waals surface area (Å²) in [5, 5.41) is 7.20. The Morgan fingerprint density at radius 2 is 2.26 bits per heavy atom. The molecule has 0 saturated carbocycles. The molecule has 0 bridgehead atoms. The highest BCUT2D eigenvalue weighted by Crippen LogP contribution is 2.20. The second kappa shape index (κ2) is 6.84. The summed E-state index contributed by atoms with van der Waals surface area (Å²) in [4.78, 5) is 16.7. The summed E-state index contributed by atoms with van der Waals surface area (Å²) in [6, 6.07) is 4.10. The van der Waals surface area contributed by atoms with Gasteiger partial charge in [-0.05, 0) is 52.3 Å². The average molecular weight is 333 g/mol. The number of carbonyl (C=O) groups is 1. The molecule has 1 N–H and O–H groups in total. The third-order valence-corrected chi connectivity index (χ3v) is 5.37. The molecule has 1 atom stereocenters. The van der Waals surface area contributed by atoms with E-state index < -0.39 is 0 Å². The van der Waals surface area contributed by atoms with Crippen LogP contribution in [-0.4, -0.2) is 35.1 Å². The molecule has 3 rings (SSSR count). The molecule has 0 radical (unpaired) electrons. The molecule has 6 heteroatoms. The van der Waals surface area contributed by atoms with Crippen molar-refractivity contribution in [3.8, 4) is 0 Å².